The van der Waals surface area contributed by atoms with Crippen molar-refractivity contribution in [2.24, 2.45) is 5.92 Å². The highest BCUT2D eigenvalue weighted by atomic mass is 16.4. The van der Waals surface area contributed by atoms with Gasteiger partial charge in [0.2, 0.25) is 0 Å². The van der Waals surface area contributed by atoms with Gasteiger partial charge in [0.25, 0.3) is 0 Å². The van der Waals surface area contributed by atoms with E-state index in [1.807, 2.05) is 4.90 Å². The van der Waals surface area contributed by atoms with E-state index >= 15 is 0 Å². The van der Waals surface area contributed by atoms with Gasteiger partial charge < -0.3 is 14.9 Å². The monoisotopic (exact) mass is 296 g/mol. The zero-order valence-corrected chi connectivity index (χ0v) is 13.1. The lowest BCUT2D eigenvalue weighted by Gasteiger charge is -2.37. The Morgan fingerprint density at radius 1 is 1.05 bits per heavy atom. The summed E-state index contributed by atoms with van der Waals surface area (Å²) < 4.78 is 0. The minimum Gasteiger partial charge on any atom is -0.480 e. The maximum absolute atomic E-state index is 12.7. The maximum atomic E-state index is 12.7. The zero-order valence-electron chi connectivity index (χ0n) is 13.1. The van der Waals surface area contributed by atoms with Gasteiger partial charge in [-0.05, 0) is 31.6 Å². The zero-order chi connectivity index (χ0) is 15.2. The van der Waals surface area contributed by atoms with Gasteiger partial charge in [0, 0.05) is 19.6 Å². The van der Waals surface area contributed by atoms with Gasteiger partial charge in [-0.25, -0.2) is 9.59 Å². The quantitative estimate of drug-likeness (QED) is 0.871. The van der Waals surface area contributed by atoms with Gasteiger partial charge in [-0.15, -0.1) is 0 Å². The van der Waals surface area contributed by atoms with Crippen LogP contribution < -0.4 is 0 Å². The standard InChI is InChI=1S/C16H28N2O3/c1-2-6-13-8-11-17(12-9-13)16(21)18-10-5-3-4-7-14(18)15(19)20/h13-14H,2-12H2,1H3,(H,19,20). The molecule has 0 aromatic carbocycles. The summed E-state index contributed by atoms with van der Waals surface area (Å²) in [4.78, 5) is 27.6. The predicted molar refractivity (Wildman–Crippen MR) is 81.2 cm³/mol. The third kappa shape index (κ3) is 4.11. The van der Waals surface area contributed by atoms with Crippen LogP contribution in [0.1, 0.15) is 58.3 Å². The SMILES string of the molecule is CCCC1CCN(C(=O)N2CCCCCC2C(=O)O)CC1. The van der Waals surface area contributed by atoms with Crippen molar-refractivity contribution in [3.05, 3.63) is 0 Å². The number of carboxylic acids is 1. The van der Waals surface area contributed by atoms with E-state index in [2.05, 4.69) is 6.92 Å². The second-order valence-electron chi connectivity index (χ2n) is 6.40. The van der Waals surface area contributed by atoms with E-state index in [1.54, 1.807) is 4.90 Å². The van der Waals surface area contributed by atoms with E-state index < -0.39 is 12.0 Å². The predicted octanol–water partition coefficient (Wildman–Crippen LogP) is 2.95. The van der Waals surface area contributed by atoms with Crippen molar-refractivity contribution in [3.8, 4) is 0 Å². The number of carbonyl (C=O) groups is 2. The first-order chi connectivity index (χ1) is 10.1. The summed E-state index contributed by atoms with van der Waals surface area (Å²) in [7, 11) is 0. The second kappa shape index (κ2) is 7.66. The number of piperidine rings is 1. The molecule has 2 amide bonds. The third-order valence-corrected chi connectivity index (χ3v) is 4.87. The van der Waals surface area contributed by atoms with Crippen LogP contribution in [0.25, 0.3) is 0 Å². The van der Waals surface area contributed by atoms with Crippen molar-refractivity contribution in [1.29, 1.82) is 0 Å². The highest BCUT2D eigenvalue weighted by molar-refractivity contribution is 5.82. The lowest BCUT2D eigenvalue weighted by molar-refractivity contribution is -0.142. The van der Waals surface area contributed by atoms with Gasteiger partial charge in [0.05, 0.1) is 0 Å². The molecule has 1 N–H and O–H groups in total. The fraction of sp³-hybridized carbons (Fsp3) is 0.875. The van der Waals surface area contributed by atoms with Crippen LogP contribution in [-0.2, 0) is 4.79 Å². The van der Waals surface area contributed by atoms with E-state index in [-0.39, 0.29) is 6.03 Å². The van der Waals surface area contributed by atoms with Gasteiger partial charge in [-0.1, -0.05) is 32.6 Å². The van der Waals surface area contributed by atoms with Crippen LogP contribution in [-0.4, -0.2) is 52.6 Å². The molecule has 2 heterocycles. The van der Waals surface area contributed by atoms with Gasteiger partial charge in [0.15, 0.2) is 0 Å². The normalized spacial score (nSPS) is 24.7. The number of amides is 2. The highest BCUT2D eigenvalue weighted by Crippen LogP contribution is 2.24. The van der Waals surface area contributed by atoms with Crippen molar-refractivity contribution < 1.29 is 14.7 Å². The van der Waals surface area contributed by atoms with Gasteiger partial charge >= 0.3 is 12.0 Å². The minimum atomic E-state index is -0.855. The van der Waals surface area contributed by atoms with E-state index in [4.69, 9.17) is 0 Å². The second-order valence-corrected chi connectivity index (χ2v) is 6.40. The number of nitrogens with zero attached hydrogens (tertiary/aromatic N) is 2. The summed E-state index contributed by atoms with van der Waals surface area (Å²) in [5.74, 6) is -0.121. The fourth-order valence-electron chi connectivity index (χ4n) is 3.60. The van der Waals surface area contributed by atoms with Crippen LogP contribution in [0.3, 0.4) is 0 Å². The molecule has 2 aliphatic rings. The lowest BCUT2D eigenvalue weighted by Crippen LogP contribution is -2.52. The van der Waals surface area contributed by atoms with Crippen LogP contribution in [0, 0.1) is 5.92 Å². The molecule has 1 atom stereocenters. The molecule has 0 bridgehead atoms. The molecule has 0 aromatic heterocycles. The number of likely N-dealkylation sites (tertiary alicyclic amines) is 2. The maximum Gasteiger partial charge on any atom is 0.326 e. The molecule has 2 fully saturated rings. The van der Waals surface area contributed by atoms with Crippen molar-refractivity contribution in [2.75, 3.05) is 19.6 Å². The molecular formula is C16H28N2O3. The number of hydrogen-bond donors (Lipinski definition) is 1. The molecule has 120 valence electrons. The summed E-state index contributed by atoms with van der Waals surface area (Å²) in [5, 5.41) is 9.38. The van der Waals surface area contributed by atoms with E-state index in [9.17, 15) is 14.7 Å². The van der Waals surface area contributed by atoms with Gasteiger partial charge in [-0.2, -0.15) is 0 Å². The van der Waals surface area contributed by atoms with Gasteiger partial charge in [0.1, 0.15) is 6.04 Å². The Kier molecular flexibility index (Phi) is 5.88. The van der Waals surface area contributed by atoms with E-state index in [0.29, 0.717) is 13.0 Å². The molecule has 0 aliphatic carbocycles. The topological polar surface area (TPSA) is 60.9 Å². The van der Waals surface area contributed by atoms with Crippen molar-refractivity contribution in [1.82, 2.24) is 9.80 Å². The molecule has 1 unspecified atom stereocenters. The molecule has 0 spiro atoms. The number of aliphatic carboxylic acids is 1. The largest absolute Gasteiger partial charge is 0.480 e. The molecule has 5 heteroatoms. The summed E-state index contributed by atoms with van der Waals surface area (Å²) in [5.41, 5.74) is 0. The average molecular weight is 296 g/mol. The van der Waals surface area contributed by atoms with Crippen molar-refractivity contribution in [3.63, 3.8) is 0 Å². The number of carbonyl (C=O) groups excluding carboxylic acids is 1. The Morgan fingerprint density at radius 2 is 1.76 bits per heavy atom. The first-order valence-electron chi connectivity index (χ1n) is 8.41. The average Bonchev–Trinajstić information content (AvgIpc) is 2.73. The first-order valence-corrected chi connectivity index (χ1v) is 8.41. The van der Waals surface area contributed by atoms with Gasteiger partial charge in [-0.3, -0.25) is 0 Å². The molecule has 2 saturated heterocycles. The Labute approximate surface area is 127 Å². The number of carboxylic acid groups (broad SMARTS) is 1. The number of hydrogen-bond acceptors (Lipinski definition) is 2. The molecule has 2 aliphatic heterocycles. The number of urea groups is 1. The third-order valence-electron chi connectivity index (χ3n) is 4.87. The lowest BCUT2D eigenvalue weighted by atomic mass is 9.93. The van der Waals surface area contributed by atoms with Crippen LogP contribution >= 0.6 is 0 Å². The van der Waals surface area contributed by atoms with Crippen molar-refractivity contribution in [2.45, 2.75) is 64.3 Å². The summed E-state index contributed by atoms with van der Waals surface area (Å²) in [6, 6.07) is -0.687. The van der Waals surface area contributed by atoms with Crippen LogP contribution in [0.4, 0.5) is 4.79 Å². The Hall–Kier alpha value is -1.26. The minimum absolute atomic E-state index is 0.0563. The number of rotatable bonds is 3. The molecule has 0 aromatic rings. The molecule has 0 saturated carbocycles. The van der Waals surface area contributed by atoms with E-state index in [1.165, 1.54) is 12.8 Å². The first kappa shape index (κ1) is 16.1. The summed E-state index contributed by atoms with van der Waals surface area (Å²) in [6.45, 7) is 4.36. The Balaban J connectivity index is 1.96. The summed E-state index contributed by atoms with van der Waals surface area (Å²) in [6.07, 6.45) is 7.99. The molecule has 0 radical (unpaired) electrons. The molecular weight excluding hydrogens is 268 g/mol. The Morgan fingerprint density at radius 3 is 2.38 bits per heavy atom. The van der Waals surface area contributed by atoms with E-state index in [0.717, 1.165) is 51.1 Å². The van der Waals surface area contributed by atoms with Crippen LogP contribution in [0.2, 0.25) is 0 Å². The molecule has 5 nitrogen and oxygen atoms in total. The molecule has 2 rings (SSSR count). The summed E-state index contributed by atoms with van der Waals surface area (Å²) >= 11 is 0. The smallest absolute Gasteiger partial charge is 0.326 e. The highest BCUT2D eigenvalue weighted by Gasteiger charge is 2.34. The van der Waals surface area contributed by atoms with Crippen molar-refractivity contribution >= 4 is 12.0 Å². The molecule has 21 heavy (non-hydrogen) atoms. The van der Waals surface area contributed by atoms with Crippen LogP contribution in [0.15, 0.2) is 0 Å². The Bertz CT molecular complexity index is 365. The fourth-order valence-corrected chi connectivity index (χ4v) is 3.60. The van der Waals surface area contributed by atoms with Crippen LogP contribution in [0.5, 0.6) is 0 Å².